The Labute approximate surface area is 159 Å². The Kier molecular flexibility index (Phi) is 5.05. The van der Waals surface area contributed by atoms with Gasteiger partial charge in [-0.25, -0.2) is 0 Å². The number of amides is 1. The lowest BCUT2D eigenvalue weighted by Crippen LogP contribution is -2.42. The number of hydrogen-bond acceptors (Lipinski definition) is 3. The van der Waals surface area contributed by atoms with Gasteiger partial charge in [-0.15, -0.1) is 0 Å². The molecule has 0 aliphatic carbocycles. The Morgan fingerprint density at radius 3 is 2.85 bits per heavy atom. The lowest BCUT2D eigenvalue weighted by atomic mass is 9.96. The van der Waals surface area contributed by atoms with E-state index < -0.39 is 0 Å². The maximum absolute atomic E-state index is 13.3. The predicted molar refractivity (Wildman–Crippen MR) is 107 cm³/mol. The molecule has 1 aliphatic rings. The van der Waals surface area contributed by atoms with Crippen LogP contribution in [0.1, 0.15) is 28.8 Å². The van der Waals surface area contributed by atoms with E-state index in [0.29, 0.717) is 12.5 Å². The number of rotatable bonds is 4. The fraction of sp³-hybridized carbons (Fsp3) is 0.304. The molecule has 2 heterocycles. The highest BCUT2D eigenvalue weighted by Gasteiger charge is 2.27. The first kappa shape index (κ1) is 17.5. The van der Waals surface area contributed by atoms with E-state index in [4.69, 9.17) is 4.74 Å². The summed E-state index contributed by atoms with van der Waals surface area (Å²) in [6.07, 6.45) is 3.85. The van der Waals surface area contributed by atoms with E-state index in [9.17, 15) is 4.79 Å². The van der Waals surface area contributed by atoms with Crippen molar-refractivity contribution in [1.29, 1.82) is 0 Å². The summed E-state index contributed by atoms with van der Waals surface area (Å²) >= 11 is 0. The highest BCUT2D eigenvalue weighted by Crippen LogP contribution is 2.25. The number of pyridine rings is 1. The fourth-order valence-electron chi connectivity index (χ4n) is 3.79. The quantitative estimate of drug-likeness (QED) is 0.689. The van der Waals surface area contributed by atoms with E-state index in [-0.39, 0.29) is 5.91 Å². The van der Waals surface area contributed by atoms with Crippen molar-refractivity contribution in [2.45, 2.75) is 19.8 Å². The van der Waals surface area contributed by atoms with Crippen LogP contribution in [0.4, 0.5) is 0 Å². The van der Waals surface area contributed by atoms with E-state index in [2.05, 4.69) is 4.98 Å². The highest BCUT2D eigenvalue weighted by molar-refractivity contribution is 6.06. The Hall–Kier alpha value is -2.88. The average Bonchev–Trinajstić information content (AvgIpc) is 2.73. The minimum Gasteiger partial charge on any atom is -0.493 e. The average molecular weight is 360 g/mol. The van der Waals surface area contributed by atoms with E-state index in [0.717, 1.165) is 53.7 Å². The molecule has 1 atom stereocenters. The van der Waals surface area contributed by atoms with E-state index in [1.165, 1.54) is 0 Å². The van der Waals surface area contributed by atoms with Gasteiger partial charge in [-0.1, -0.05) is 36.4 Å². The van der Waals surface area contributed by atoms with Crippen LogP contribution < -0.4 is 4.74 Å². The summed E-state index contributed by atoms with van der Waals surface area (Å²) in [5.41, 5.74) is 2.51. The topological polar surface area (TPSA) is 42.4 Å². The van der Waals surface area contributed by atoms with Gasteiger partial charge in [0.2, 0.25) is 0 Å². The zero-order valence-corrected chi connectivity index (χ0v) is 15.6. The third-order valence-corrected chi connectivity index (χ3v) is 5.23. The molecule has 0 N–H and O–H groups in total. The van der Waals surface area contributed by atoms with Gasteiger partial charge < -0.3 is 9.64 Å². The van der Waals surface area contributed by atoms with Crippen LogP contribution >= 0.6 is 0 Å². The molecule has 0 spiro atoms. The molecule has 2 aromatic carbocycles. The molecule has 4 nitrogen and oxygen atoms in total. The Morgan fingerprint density at radius 2 is 2.00 bits per heavy atom. The lowest BCUT2D eigenvalue weighted by molar-refractivity contribution is 0.0634. The first-order valence-corrected chi connectivity index (χ1v) is 9.54. The Morgan fingerprint density at radius 1 is 1.15 bits per heavy atom. The number of likely N-dealkylation sites (tertiary alicyclic amines) is 1. The molecule has 27 heavy (non-hydrogen) atoms. The molecule has 1 aromatic heterocycles. The molecule has 3 aromatic rings. The second-order valence-electron chi connectivity index (χ2n) is 7.22. The number of benzene rings is 2. The maximum Gasteiger partial charge on any atom is 0.256 e. The third-order valence-electron chi connectivity index (χ3n) is 5.23. The summed E-state index contributed by atoms with van der Waals surface area (Å²) in [6, 6.07) is 17.8. The van der Waals surface area contributed by atoms with Gasteiger partial charge in [-0.05, 0) is 43.5 Å². The standard InChI is InChI=1S/C23H24N2O2/c1-17-11-12-19-8-5-13-24-22(19)21(17)23(26)25-14-6-7-18(15-25)16-27-20-9-3-2-4-10-20/h2-5,8-13,18H,6-7,14-16H2,1H3. The minimum absolute atomic E-state index is 0.0845. The molecule has 0 radical (unpaired) electrons. The number of piperidine rings is 1. The third kappa shape index (κ3) is 3.80. The number of aromatic nitrogens is 1. The van der Waals surface area contributed by atoms with Crippen molar-refractivity contribution >= 4 is 16.8 Å². The second kappa shape index (κ2) is 7.78. The van der Waals surface area contributed by atoms with Crippen molar-refractivity contribution in [2.24, 2.45) is 5.92 Å². The zero-order chi connectivity index (χ0) is 18.6. The summed E-state index contributed by atoms with van der Waals surface area (Å²) in [4.78, 5) is 19.8. The van der Waals surface area contributed by atoms with Gasteiger partial charge in [0.05, 0.1) is 17.7 Å². The molecule has 4 rings (SSSR count). The van der Waals surface area contributed by atoms with Crippen LogP contribution in [0.2, 0.25) is 0 Å². The molecule has 1 amide bonds. The van der Waals surface area contributed by atoms with Crippen molar-refractivity contribution in [3.63, 3.8) is 0 Å². The Balaban J connectivity index is 1.50. The van der Waals surface area contributed by atoms with Crippen molar-refractivity contribution in [2.75, 3.05) is 19.7 Å². The molecule has 1 saturated heterocycles. The van der Waals surface area contributed by atoms with Crippen molar-refractivity contribution in [1.82, 2.24) is 9.88 Å². The number of aryl methyl sites for hydroxylation is 1. The summed E-state index contributed by atoms with van der Waals surface area (Å²) in [6.45, 7) is 4.15. The smallest absolute Gasteiger partial charge is 0.256 e. The van der Waals surface area contributed by atoms with Crippen LogP contribution in [0, 0.1) is 12.8 Å². The van der Waals surface area contributed by atoms with Gasteiger partial charge in [0.1, 0.15) is 5.75 Å². The van der Waals surface area contributed by atoms with Crippen molar-refractivity contribution < 1.29 is 9.53 Å². The van der Waals surface area contributed by atoms with Gasteiger partial charge >= 0.3 is 0 Å². The van der Waals surface area contributed by atoms with Gasteiger partial charge in [-0.3, -0.25) is 9.78 Å². The van der Waals surface area contributed by atoms with E-state index >= 15 is 0 Å². The van der Waals surface area contributed by atoms with Gasteiger partial charge in [0.25, 0.3) is 5.91 Å². The molecular weight excluding hydrogens is 336 g/mol. The first-order chi connectivity index (χ1) is 13.2. The number of carbonyl (C=O) groups excluding carboxylic acids is 1. The van der Waals surface area contributed by atoms with Crippen molar-refractivity contribution in [3.05, 3.63) is 71.9 Å². The SMILES string of the molecule is Cc1ccc2cccnc2c1C(=O)N1CCCC(COc2ccccc2)C1. The summed E-state index contributed by atoms with van der Waals surface area (Å²) in [5.74, 6) is 1.32. The van der Waals surface area contributed by atoms with Crippen LogP contribution in [0.15, 0.2) is 60.8 Å². The maximum atomic E-state index is 13.3. The number of nitrogens with zero attached hydrogens (tertiary/aromatic N) is 2. The molecular formula is C23H24N2O2. The lowest BCUT2D eigenvalue weighted by Gasteiger charge is -2.33. The van der Waals surface area contributed by atoms with Gasteiger partial charge in [-0.2, -0.15) is 0 Å². The second-order valence-corrected chi connectivity index (χ2v) is 7.22. The zero-order valence-electron chi connectivity index (χ0n) is 15.6. The predicted octanol–water partition coefficient (Wildman–Crippen LogP) is 4.47. The normalized spacial score (nSPS) is 17.1. The number of ether oxygens (including phenoxy) is 1. The molecule has 1 fully saturated rings. The van der Waals surface area contributed by atoms with E-state index in [1.54, 1.807) is 6.20 Å². The van der Waals surface area contributed by atoms with Crippen LogP contribution in [-0.4, -0.2) is 35.5 Å². The monoisotopic (exact) mass is 360 g/mol. The van der Waals surface area contributed by atoms with Crippen LogP contribution in [0.25, 0.3) is 10.9 Å². The van der Waals surface area contributed by atoms with Crippen LogP contribution in [0.3, 0.4) is 0 Å². The van der Waals surface area contributed by atoms with E-state index in [1.807, 2.05) is 66.4 Å². The molecule has 1 unspecified atom stereocenters. The molecule has 0 bridgehead atoms. The molecule has 1 aliphatic heterocycles. The number of para-hydroxylation sites is 1. The summed E-state index contributed by atoms with van der Waals surface area (Å²) in [5, 5.41) is 1.01. The number of hydrogen-bond donors (Lipinski definition) is 0. The largest absolute Gasteiger partial charge is 0.493 e. The Bertz CT molecular complexity index is 940. The fourth-order valence-corrected chi connectivity index (χ4v) is 3.79. The number of fused-ring (bicyclic) bond motifs is 1. The minimum atomic E-state index is 0.0845. The summed E-state index contributed by atoms with van der Waals surface area (Å²) in [7, 11) is 0. The first-order valence-electron chi connectivity index (χ1n) is 9.54. The van der Waals surface area contributed by atoms with Crippen LogP contribution in [-0.2, 0) is 0 Å². The van der Waals surface area contributed by atoms with Gasteiger partial charge in [0.15, 0.2) is 0 Å². The summed E-state index contributed by atoms with van der Waals surface area (Å²) < 4.78 is 5.92. The van der Waals surface area contributed by atoms with Crippen LogP contribution in [0.5, 0.6) is 5.75 Å². The molecule has 138 valence electrons. The number of carbonyl (C=O) groups is 1. The highest BCUT2D eigenvalue weighted by atomic mass is 16.5. The molecule has 4 heteroatoms. The van der Waals surface area contributed by atoms with Gasteiger partial charge in [0, 0.05) is 30.6 Å². The van der Waals surface area contributed by atoms with Crippen molar-refractivity contribution in [3.8, 4) is 5.75 Å². The molecule has 0 saturated carbocycles.